The minimum absolute atomic E-state index is 0.150. The number of benzene rings is 2. The highest BCUT2D eigenvalue weighted by Crippen LogP contribution is 2.36. The third kappa shape index (κ3) is 4.70. The van der Waals surface area contributed by atoms with Crippen LogP contribution in [0.25, 0.3) is 5.69 Å². The van der Waals surface area contributed by atoms with Gasteiger partial charge in [0.05, 0.1) is 10.6 Å². The third-order valence-corrected chi connectivity index (χ3v) is 6.74. The Morgan fingerprint density at radius 1 is 0.778 bits per heavy atom. The van der Waals surface area contributed by atoms with Crippen LogP contribution in [0.2, 0.25) is 0 Å². The molecule has 3 aromatic rings. The number of hydrogen-bond donors (Lipinski definition) is 0. The molecule has 0 unspecified atom stereocenters. The van der Waals surface area contributed by atoms with Crippen molar-refractivity contribution in [3.63, 3.8) is 0 Å². The maximum atomic E-state index is 13.2. The Morgan fingerprint density at radius 3 is 1.81 bits per heavy atom. The summed E-state index contributed by atoms with van der Waals surface area (Å²) in [6.07, 6.45) is -10.6. The van der Waals surface area contributed by atoms with E-state index >= 15 is 0 Å². The lowest BCUT2D eigenvalue weighted by atomic mass is 10.3. The highest BCUT2D eigenvalue weighted by atomic mass is 32.2. The lowest BCUT2D eigenvalue weighted by Gasteiger charge is -2.15. The van der Waals surface area contributed by atoms with Crippen LogP contribution in [0.1, 0.15) is 11.6 Å². The number of amidine groups is 1. The Hall–Kier alpha value is -3.73. The fourth-order valence-electron chi connectivity index (χ4n) is 3.03. The van der Waals surface area contributed by atoms with Crippen LogP contribution in [0, 0.1) is 0 Å². The summed E-state index contributed by atoms with van der Waals surface area (Å²) >= 11 is 0.246. The average Bonchev–Trinajstić information content (AvgIpc) is 3.36. The van der Waals surface area contributed by atoms with Crippen molar-refractivity contribution in [3.8, 4) is 5.69 Å². The van der Waals surface area contributed by atoms with E-state index in [1.54, 1.807) is 6.07 Å². The zero-order valence-electron chi connectivity index (χ0n) is 17.1. The molecule has 1 saturated heterocycles. The zero-order valence-corrected chi connectivity index (χ0v) is 18.8. The fourth-order valence-corrected chi connectivity index (χ4v) is 4.97. The second-order valence-corrected chi connectivity index (χ2v) is 9.43. The lowest BCUT2D eigenvalue weighted by molar-refractivity contribution is -0.153. The van der Waals surface area contributed by atoms with Crippen molar-refractivity contribution in [2.45, 2.75) is 17.2 Å². The Balaban J connectivity index is 1.74. The van der Waals surface area contributed by atoms with Gasteiger partial charge >= 0.3 is 18.3 Å². The summed E-state index contributed by atoms with van der Waals surface area (Å²) in [4.78, 5) is 24.2. The number of amides is 1. The van der Waals surface area contributed by atoms with Crippen molar-refractivity contribution in [2.24, 2.45) is 4.40 Å². The monoisotopic (exact) mass is 549 g/mol. The van der Waals surface area contributed by atoms with E-state index < -0.39 is 60.8 Å². The molecule has 9 nitrogen and oxygen atoms in total. The van der Waals surface area contributed by atoms with Gasteiger partial charge < -0.3 is 0 Å². The molecule has 0 aliphatic carbocycles. The van der Waals surface area contributed by atoms with Gasteiger partial charge in [-0.05, 0) is 48.2 Å². The largest absolute Gasteiger partial charge is 0.452 e. The maximum Gasteiger partial charge on any atom is 0.452 e. The Bertz CT molecular complexity index is 1450. The molecule has 2 heterocycles. The second-order valence-electron chi connectivity index (χ2n) is 6.89. The highest BCUT2D eigenvalue weighted by Gasteiger charge is 2.45. The maximum absolute atomic E-state index is 13.2. The third-order valence-electron chi connectivity index (χ3n) is 4.53. The smallest absolute Gasteiger partial charge is 0.275 e. The fraction of sp³-hybridized carbons (Fsp3) is 0.105. The van der Waals surface area contributed by atoms with Gasteiger partial charge in [0, 0.05) is 5.69 Å². The first-order valence-corrected chi connectivity index (χ1v) is 11.6. The number of sulfonamides is 1. The summed E-state index contributed by atoms with van der Waals surface area (Å²) in [6.45, 7) is 0. The van der Waals surface area contributed by atoms with Crippen LogP contribution >= 0.6 is 11.8 Å². The van der Waals surface area contributed by atoms with Crippen molar-refractivity contribution >= 4 is 43.7 Å². The van der Waals surface area contributed by atoms with E-state index in [4.69, 9.17) is 0 Å². The molecule has 188 valence electrons. The van der Waals surface area contributed by atoms with Crippen molar-refractivity contribution < 1.29 is 44.3 Å². The molecule has 17 heteroatoms. The molecule has 1 aliphatic rings. The first kappa shape index (κ1) is 25.4. The molecule has 2 aromatic carbocycles. The van der Waals surface area contributed by atoms with Crippen molar-refractivity contribution in [1.29, 1.82) is 0 Å². The number of para-hydroxylation sites is 1. The molecule has 0 atom stereocenters. The molecule has 0 N–H and O–H groups in total. The average molecular weight is 549 g/mol. The highest BCUT2D eigenvalue weighted by molar-refractivity contribution is 8.29. The first-order valence-electron chi connectivity index (χ1n) is 9.36. The van der Waals surface area contributed by atoms with Gasteiger partial charge in [-0.1, -0.05) is 18.2 Å². The summed E-state index contributed by atoms with van der Waals surface area (Å²) in [6, 6.07) is 10.3. The second kappa shape index (κ2) is 8.74. The van der Waals surface area contributed by atoms with Gasteiger partial charge in [0.1, 0.15) is 0 Å². The van der Waals surface area contributed by atoms with Crippen LogP contribution in [-0.4, -0.2) is 39.4 Å². The van der Waals surface area contributed by atoms with Gasteiger partial charge in [0.2, 0.25) is 11.6 Å². The lowest BCUT2D eigenvalue weighted by Crippen LogP contribution is -2.31. The van der Waals surface area contributed by atoms with E-state index in [2.05, 4.69) is 14.6 Å². The predicted octanol–water partition coefficient (Wildman–Crippen LogP) is 3.66. The number of halogens is 6. The molecular weight excluding hydrogens is 540 g/mol. The van der Waals surface area contributed by atoms with Gasteiger partial charge in [-0.3, -0.25) is 19.1 Å². The van der Waals surface area contributed by atoms with Crippen molar-refractivity contribution in [1.82, 2.24) is 14.8 Å². The standard InChI is InChI=1S/C19H9F6N5O4S2/c20-18(21,22)15-26-27-16(19(23,24)25)30(15)11-6-8-12(9-7-11)36(33,34)28-17-29(13(31)14(32)35-17)10-4-2-1-3-5-10/h1-9H/b28-17+. The van der Waals surface area contributed by atoms with Gasteiger partial charge in [-0.2, -0.15) is 34.8 Å². The topological polar surface area (TPSA) is 115 Å². The molecule has 1 aliphatic heterocycles. The molecule has 4 rings (SSSR count). The van der Waals surface area contributed by atoms with Crippen LogP contribution in [-0.2, 0) is 32.0 Å². The summed E-state index contributed by atoms with van der Waals surface area (Å²) in [7, 11) is -4.66. The predicted molar refractivity (Wildman–Crippen MR) is 113 cm³/mol. The molecular formula is C19H9F6N5O4S2. The zero-order chi connectivity index (χ0) is 26.5. The van der Waals surface area contributed by atoms with Crippen molar-refractivity contribution in [2.75, 3.05) is 4.90 Å². The van der Waals surface area contributed by atoms with Crippen LogP contribution in [0.15, 0.2) is 63.9 Å². The number of nitrogens with zero attached hydrogens (tertiary/aromatic N) is 5. The Kier molecular flexibility index (Phi) is 6.16. The van der Waals surface area contributed by atoms with Crippen molar-refractivity contribution in [3.05, 3.63) is 66.2 Å². The quantitative estimate of drug-likeness (QED) is 0.361. The number of hydrogen-bond acceptors (Lipinski definition) is 7. The van der Waals surface area contributed by atoms with E-state index in [9.17, 15) is 44.3 Å². The summed E-state index contributed by atoms with van der Waals surface area (Å²) < 4.78 is 108. The molecule has 0 spiro atoms. The Labute approximate surface area is 201 Å². The van der Waals surface area contributed by atoms with E-state index in [-0.39, 0.29) is 22.0 Å². The molecule has 1 amide bonds. The Morgan fingerprint density at radius 2 is 1.31 bits per heavy atom. The normalized spacial score (nSPS) is 16.3. The number of alkyl halides is 6. The number of rotatable bonds is 4. The van der Waals surface area contributed by atoms with Crippen LogP contribution in [0.3, 0.4) is 0 Å². The minimum Gasteiger partial charge on any atom is -0.275 e. The van der Waals surface area contributed by atoms with Gasteiger partial charge in [0.25, 0.3) is 15.1 Å². The number of anilines is 1. The van der Waals surface area contributed by atoms with Gasteiger partial charge in [0.15, 0.2) is 5.17 Å². The SMILES string of the molecule is O=C1S/C(=N/S(=O)(=O)c2ccc(-n3c(C(F)(F)F)nnc3C(F)(F)F)cc2)N(c2ccccc2)C1=O. The van der Waals surface area contributed by atoms with Gasteiger partial charge in [-0.15, -0.1) is 14.6 Å². The molecule has 1 aromatic heterocycles. The minimum atomic E-state index is -5.30. The van der Waals surface area contributed by atoms with Gasteiger partial charge in [-0.25, -0.2) is 0 Å². The molecule has 1 fully saturated rings. The summed E-state index contributed by atoms with van der Waals surface area (Å²) in [5, 5.41) is 3.65. The van der Waals surface area contributed by atoms with E-state index in [0.717, 1.165) is 4.90 Å². The molecule has 36 heavy (non-hydrogen) atoms. The molecule has 0 bridgehead atoms. The molecule has 0 radical (unpaired) electrons. The van der Waals surface area contributed by atoms with Crippen LogP contribution < -0.4 is 4.90 Å². The number of carbonyl (C=O) groups is 2. The number of carbonyl (C=O) groups excluding carboxylic acids is 2. The number of thioether (sulfide) groups is 1. The molecule has 0 saturated carbocycles. The van der Waals surface area contributed by atoms with Crippen LogP contribution in [0.5, 0.6) is 0 Å². The van der Waals surface area contributed by atoms with E-state index in [0.29, 0.717) is 24.3 Å². The summed E-state index contributed by atoms with van der Waals surface area (Å²) in [5.41, 5.74) is -0.574. The summed E-state index contributed by atoms with van der Waals surface area (Å²) in [5.74, 6) is -4.99. The van der Waals surface area contributed by atoms with Crippen LogP contribution in [0.4, 0.5) is 32.0 Å². The number of aromatic nitrogens is 3. The van der Waals surface area contributed by atoms with E-state index in [1.807, 2.05) is 0 Å². The van der Waals surface area contributed by atoms with E-state index in [1.165, 1.54) is 24.3 Å². The first-order chi connectivity index (χ1) is 16.7.